The zero-order valence-electron chi connectivity index (χ0n) is 10.6. The zero-order chi connectivity index (χ0) is 13.9. The maximum Gasteiger partial charge on any atom is 0.0930 e. The molecule has 1 aromatic heterocycles. The molecule has 0 bridgehead atoms. The van der Waals surface area contributed by atoms with Crippen molar-refractivity contribution in [3.05, 3.63) is 71.4 Å². The maximum absolute atomic E-state index is 5.93. The first kappa shape index (κ1) is 13.4. The molecule has 100 valence electrons. The third-order valence-corrected chi connectivity index (χ3v) is 3.89. The van der Waals surface area contributed by atoms with Crippen LogP contribution in [0, 0.1) is 0 Å². The molecule has 3 rings (SSSR count). The van der Waals surface area contributed by atoms with E-state index in [0.717, 1.165) is 33.0 Å². The molecular formula is C16H12BrClN2. The summed E-state index contributed by atoms with van der Waals surface area (Å²) in [6, 6.07) is 19.9. The van der Waals surface area contributed by atoms with E-state index in [1.807, 2.05) is 59.3 Å². The molecule has 0 spiro atoms. The molecule has 0 N–H and O–H groups in total. The SMILES string of the molecule is Clc1ccc(-c2cc(CBr)n(-c3ccccc3)n2)cc1. The van der Waals surface area contributed by atoms with Crippen molar-refractivity contribution in [2.75, 3.05) is 0 Å². The van der Waals surface area contributed by atoms with Crippen molar-refractivity contribution < 1.29 is 0 Å². The van der Waals surface area contributed by atoms with Gasteiger partial charge in [0.2, 0.25) is 0 Å². The van der Waals surface area contributed by atoms with Gasteiger partial charge in [0.1, 0.15) is 0 Å². The number of nitrogens with zero attached hydrogens (tertiary/aromatic N) is 2. The van der Waals surface area contributed by atoms with Gasteiger partial charge in [-0.15, -0.1) is 0 Å². The fraction of sp³-hybridized carbons (Fsp3) is 0.0625. The van der Waals surface area contributed by atoms with Gasteiger partial charge in [-0.05, 0) is 30.3 Å². The van der Waals surface area contributed by atoms with E-state index in [9.17, 15) is 0 Å². The van der Waals surface area contributed by atoms with E-state index in [1.54, 1.807) is 0 Å². The quantitative estimate of drug-likeness (QED) is 0.604. The molecule has 0 atom stereocenters. The summed E-state index contributed by atoms with van der Waals surface area (Å²) in [5.41, 5.74) is 4.18. The van der Waals surface area contributed by atoms with Crippen LogP contribution in [0.2, 0.25) is 5.02 Å². The topological polar surface area (TPSA) is 17.8 Å². The van der Waals surface area contributed by atoms with E-state index in [4.69, 9.17) is 16.7 Å². The Bertz CT molecular complexity index is 705. The Morgan fingerprint density at radius 2 is 1.70 bits per heavy atom. The first-order chi connectivity index (χ1) is 9.78. The van der Waals surface area contributed by atoms with Gasteiger partial charge >= 0.3 is 0 Å². The van der Waals surface area contributed by atoms with E-state index in [-0.39, 0.29) is 0 Å². The second kappa shape index (κ2) is 5.81. The van der Waals surface area contributed by atoms with Gasteiger partial charge in [0.15, 0.2) is 0 Å². The highest BCUT2D eigenvalue weighted by molar-refractivity contribution is 9.08. The van der Waals surface area contributed by atoms with Gasteiger partial charge in [-0.3, -0.25) is 0 Å². The van der Waals surface area contributed by atoms with Gasteiger partial charge in [0.25, 0.3) is 0 Å². The number of halogens is 2. The fourth-order valence-corrected chi connectivity index (χ4v) is 2.59. The molecule has 2 aromatic carbocycles. The Balaban J connectivity index is 2.07. The first-order valence-electron chi connectivity index (χ1n) is 6.24. The summed E-state index contributed by atoms with van der Waals surface area (Å²) in [4.78, 5) is 0. The zero-order valence-corrected chi connectivity index (χ0v) is 13.0. The smallest absolute Gasteiger partial charge is 0.0930 e. The Morgan fingerprint density at radius 1 is 1.00 bits per heavy atom. The van der Waals surface area contributed by atoms with Crippen molar-refractivity contribution in [2.24, 2.45) is 0 Å². The molecule has 0 aliphatic carbocycles. The lowest BCUT2D eigenvalue weighted by molar-refractivity contribution is 0.846. The van der Waals surface area contributed by atoms with E-state index in [1.165, 1.54) is 0 Å². The van der Waals surface area contributed by atoms with Gasteiger partial charge in [0.05, 0.1) is 17.1 Å². The summed E-state index contributed by atoms with van der Waals surface area (Å²) in [5.74, 6) is 0. The summed E-state index contributed by atoms with van der Waals surface area (Å²) in [6.07, 6.45) is 0. The summed E-state index contributed by atoms with van der Waals surface area (Å²) in [5, 5.41) is 6.18. The van der Waals surface area contributed by atoms with Crippen molar-refractivity contribution in [1.82, 2.24) is 9.78 Å². The number of rotatable bonds is 3. The summed E-state index contributed by atoms with van der Waals surface area (Å²) in [7, 11) is 0. The largest absolute Gasteiger partial charge is 0.236 e. The first-order valence-corrected chi connectivity index (χ1v) is 7.74. The Kier molecular flexibility index (Phi) is 3.90. The van der Waals surface area contributed by atoms with E-state index < -0.39 is 0 Å². The molecule has 1 heterocycles. The van der Waals surface area contributed by atoms with Gasteiger partial charge in [-0.1, -0.05) is 57.9 Å². The average molecular weight is 348 g/mol. The van der Waals surface area contributed by atoms with Crippen LogP contribution in [0.3, 0.4) is 0 Å². The van der Waals surface area contributed by atoms with E-state index in [0.29, 0.717) is 0 Å². The van der Waals surface area contributed by atoms with E-state index in [2.05, 4.69) is 22.0 Å². The number of hydrogen-bond acceptors (Lipinski definition) is 1. The molecule has 20 heavy (non-hydrogen) atoms. The van der Waals surface area contributed by atoms with Crippen LogP contribution < -0.4 is 0 Å². The molecule has 0 saturated carbocycles. The third-order valence-electron chi connectivity index (χ3n) is 3.06. The second-order valence-corrected chi connectivity index (χ2v) is 5.41. The predicted molar refractivity (Wildman–Crippen MR) is 86.6 cm³/mol. The molecular weight excluding hydrogens is 336 g/mol. The molecule has 0 aliphatic heterocycles. The van der Waals surface area contributed by atoms with Crippen LogP contribution in [0.5, 0.6) is 0 Å². The van der Waals surface area contributed by atoms with Gasteiger partial charge < -0.3 is 0 Å². The lowest BCUT2D eigenvalue weighted by atomic mass is 10.1. The molecule has 0 fully saturated rings. The molecule has 3 aromatic rings. The predicted octanol–water partition coefficient (Wildman–Crippen LogP) is 5.09. The molecule has 0 radical (unpaired) electrons. The third kappa shape index (κ3) is 2.65. The standard InChI is InChI=1S/C16H12BrClN2/c17-11-15-10-16(12-6-8-13(18)9-7-12)19-20(15)14-4-2-1-3-5-14/h1-10H,11H2. The normalized spacial score (nSPS) is 10.7. The van der Waals surface area contributed by atoms with Crippen LogP contribution in [-0.2, 0) is 5.33 Å². The minimum absolute atomic E-state index is 0.733. The molecule has 2 nitrogen and oxygen atoms in total. The number of aromatic nitrogens is 2. The Morgan fingerprint density at radius 3 is 2.35 bits per heavy atom. The minimum Gasteiger partial charge on any atom is -0.236 e. The molecule has 0 amide bonds. The Labute approximate surface area is 131 Å². The monoisotopic (exact) mass is 346 g/mol. The average Bonchev–Trinajstić information content (AvgIpc) is 2.93. The van der Waals surface area contributed by atoms with Gasteiger partial charge in [-0.25, -0.2) is 4.68 Å². The fourth-order valence-electron chi connectivity index (χ4n) is 2.07. The van der Waals surface area contributed by atoms with Crippen LogP contribution >= 0.6 is 27.5 Å². The number of hydrogen-bond donors (Lipinski definition) is 0. The Hall–Kier alpha value is -1.58. The molecule has 0 saturated heterocycles. The van der Waals surface area contributed by atoms with Crippen LogP contribution in [0.1, 0.15) is 5.69 Å². The van der Waals surface area contributed by atoms with Crippen molar-refractivity contribution >= 4 is 27.5 Å². The second-order valence-electron chi connectivity index (χ2n) is 4.41. The molecule has 4 heteroatoms. The lowest BCUT2D eigenvalue weighted by Crippen LogP contribution is -1.99. The number of alkyl halides is 1. The van der Waals surface area contributed by atoms with Gasteiger partial charge in [0, 0.05) is 15.9 Å². The molecule has 0 unspecified atom stereocenters. The highest BCUT2D eigenvalue weighted by Gasteiger charge is 2.10. The summed E-state index contributed by atoms with van der Waals surface area (Å²) in [6.45, 7) is 0. The van der Waals surface area contributed by atoms with Crippen molar-refractivity contribution in [2.45, 2.75) is 5.33 Å². The number of para-hydroxylation sites is 1. The molecule has 0 aliphatic rings. The van der Waals surface area contributed by atoms with Crippen LogP contribution in [0.15, 0.2) is 60.7 Å². The highest BCUT2D eigenvalue weighted by atomic mass is 79.9. The summed E-state index contributed by atoms with van der Waals surface area (Å²) < 4.78 is 1.96. The van der Waals surface area contributed by atoms with Crippen LogP contribution in [-0.4, -0.2) is 9.78 Å². The maximum atomic E-state index is 5.93. The van der Waals surface area contributed by atoms with E-state index >= 15 is 0 Å². The highest BCUT2D eigenvalue weighted by Crippen LogP contribution is 2.24. The van der Waals surface area contributed by atoms with Gasteiger partial charge in [-0.2, -0.15) is 5.10 Å². The number of benzene rings is 2. The van der Waals surface area contributed by atoms with Crippen molar-refractivity contribution in [3.8, 4) is 16.9 Å². The summed E-state index contributed by atoms with van der Waals surface area (Å²) >= 11 is 9.45. The van der Waals surface area contributed by atoms with Crippen LogP contribution in [0.25, 0.3) is 16.9 Å². The van der Waals surface area contributed by atoms with Crippen molar-refractivity contribution in [1.29, 1.82) is 0 Å². The minimum atomic E-state index is 0.733. The van der Waals surface area contributed by atoms with Crippen molar-refractivity contribution in [3.63, 3.8) is 0 Å². The lowest BCUT2D eigenvalue weighted by Gasteiger charge is -2.04. The van der Waals surface area contributed by atoms with Crippen LogP contribution in [0.4, 0.5) is 0 Å².